The number of carbonyl (C=O) groups excluding carboxylic acids is 1. The van der Waals surface area contributed by atoms with Gasteiger partial charge in [-0.2, -0.15) is 0 Å². The molecule has 2 rings (SSSR count). The lowest BCUT2D eigenvalue weighted by molar-refractivity contribution is -0.152. The van der Waals surface area contributed by atoms with Crippen molar-refractivity contribution >= 4 is 5.97 Å². The highest BCUT2D eigenvalue weighted by Gasteiger charge is 2.46. The largest absolute Gasteiger partial charge is 0.424 e. The highest BCUT2D eigenvalue weighted by atomic mass is 16.6. The molecule has 80 valence electrons. The molecule has 3 nitrogen and oxygen atoms in total. The Kier molecular flexibility index (Phi) is 2.49. The van der Waals surface area contributed by atoms with Crippen LogP contribution in [0, 0.1) is 0 Å². The number of esters is 1. The maximum Gasteiger partial charge on any atom is 0.348 e. The van der Waals surface area contributed by atoms with Crippen LogP contribution in [0.3, 0.4) is 0 Å². The number of carbonyl (C=O) groups is 1. The summed E-state index contributed by atoms with van der Waals surface area (Å²) in [5, 5.41) is 10.3. The Morgan fingerprint density at radius 1 is 1.40 bits per heavy atom. The van der Waals surface area contributed by atoms with E-state index in [0.29, 0.717) is 17.7 Å². The van der Waals surface area contributed by atoms with Crippen LogP contribution >= 0.6 is 0 Å². The van der Waals surface area contributed by atoms with E-state index in [-0.39, 0.29) is 0 Å². The molecule has 0 saturated heterocycles. The maximum absolute atomic E-state index is 11.6. The standard InChI is InChI=1S/C12H14O3/c1-2-3-8-12(14)9-6-4-5-7-10(9)15-11(12)13/h4-7,14H,2-3,8H2,1H3. The highest BCUT2D eigenvalue weighted by molar-refractivity contribution is 5.88. The first-order chi connectivity index (χ1) is 7.18. The summed E-state index contributed by atoms with van der Waals surface area (Å²) < 4.78 is 5.03. The first kappa shape index (κ1) is 10.2. The van der Waals surface area contributed by atoms with Crippen LogP contribution < -0.4 is 4.74 Å². The summed E-state index contributed by atoms with van der Waals surface area (Å²) in [6, 6.07) is 7.04. The number of ether oxygens (including phenoxy) is 1. The van der Waals surface area contributed by atoms with Gasteiger partial charge in [0, 0.05) is 5.56 Å². The van der Waals surface area contributed by atoms with E-state index in [4.69, 9.17) is 4.74 Å². The SMILES string of the molecule is CCCCC1(O)C(=O)Oc2ccccc21. The van der Waals surface area contributed by atoms with E-state index in [9.17, 15) is 9.90 Å². The van der Waals surface area contributed by atoms with Gasteiger partial charge < -0.3 is 9.84 Å². The van der Waals surface area contributed by atoms with Crippen LogP contribution in [0.4, 0.5) is 0 Å². The number of benzene rings is 1. The predicted octanol–water partition coefficient (Wildman–Crippen LogP) is 1.98. The summed E-state index contributed by atoms with van der Waals surface area (Å²) >= 11 is 0. The lowest BCUT2D eigenvalue weighted by Gasteiger charge is -2.18. The molecule has 1 aromatic rings. The molecule has 0 bridgehead atoms. The maximum atomic E-state index is 11.6. The number of fused-ring (bicyclic) bond motifs is 1. The van der Waals surface area contributed by atoms with Crippen LogP contribution in [0.1, 0.15) is 31.7 Å². The van der Waals surface area contributed by atoms with Crippen molar-refractivity contribution in [3.8, 4) is 5.75 Å². The molecule has 1 aliphatic heterocycles. The zero-order valence-electron chi connectivity index (χ0n) is 8.69. The molecule has 1 unspecified atom stereocenters. The summed E-state index contributed by atoms with van der Waals surface area (Å²) in [4.78, 5) is 11.6. The highest BCUT2D eigenvalue weighted by Crippen LogP contribution is 2.40. The first-order valence-corrected chi connectivity index (χ1v) is 5.22. The van der Waals surface area contributed by atoms with Crippen LogP contribution in [0.25, 0.3) is 0 Å². The van der Waals surface area contributed by atoms with Crippen LogP contribution in [0.2, 0.25) is 0 Å². The van der Waals surface area contributed by atoms with Gasteiger partial charge in [-0.3, -0.25) is 0 Å². The van der Waals surface area contributed by atoms with Gasteiger partial charge in [-0.15, -0.1) is 0 Å². The first-order valence-electron chi connectivity index (χ1n) is 5.22. The van der Waals surface area contributed by atoms with E-state index < -0.39 is 11.6 Å². The molecule has 0 saturated carbocycles. The van der Waals surface area contributed by atoms with Crippen molar-refractivity contribution in [2.45, 2.75) is 31.8 Å². The molecule has 3 heteroatoms. The fourth-order valence-electron chi connectivity index (χ4n) is 1.86. The third kappa shape index (κ3) is 1.53. The molecule has 0 aliphatic carbocycles. The van der Waals surface area contributed by atoms with Crippen molar-refractivity contribution in [2.24, 2.45) is 0 Å². The van der Waals surface area contributed by atoms with Crippen molar-refractivity contribution in [3.05, 3.63) is 29.8 Å². The van der Waals surface area contributed by atoms with E-state index >= 15 is 0 Å². The smallest absolute Gasteiger partial charge is 0.348 e. The Labute approximate surface area is 88.7 Å². The number of aliphatic hydroxyl groups is 1. The molecule has 0 fully saturated rings. The second-order valence-electron chi connectivity index (χ2n) is 3.85. The van der Waals surface area contributed by atoms with Gasteiger partial charge in [0.15, 0.2) is 5.60 Å². The van der Waals surface area contributed by atoms with E-state index in [1.807, 2.05) is 6.92 Å². The number of hydrogen-bond acceptors (Lipinski definition) is 3. The topological polar surface area (TPSA) is 46.5 Å². The molecule has 0 amide bonds. The van der Waals surface area contributed by atoms with Gasteiger partial charge in [0.05, 0.1) is 0 Å². The molecule has 0 aromatic heterocycles. The van der Waals surface area contributed by atoms with Crippen LogP contribution in [-0.4, -0.2) is 11.1 Å². The molecule has 0 spiro atoms. The third-order valence-electron chi connectivity index (χ3n) is 2.77. The molecule has 0 radical (unpaired) electrons. The van der Waals surface area contributed by atoms with Gasteiger partial charge >= 0.3 is 5.97 Å². The molecule has 1 aliphatic rings. The molecular weight excluding hydrogens is 192 g/mol. The normalized spacial score (nSPS) is 23.7. The quantitative estimate of drug-likeness (QED) is 0.607. The Morgan fingerprint density at radius 2 is 2.13 bits per heavy atom. The Balaban J connectivity index is 2.36. The van der Waals surface area contributed by atoms with Crippen molar-refractivity contribution < 1.29 is 14.6 Å². The van der Waals surface area contributed by atoms with Gasteiger partial charge in [-0.05, 0) is 18.9 Å². The zero-order valence-corrected chi connectivity index (χ0v) is 8.69. The van der Waals surface area contributed by atoms with Gasteiger partial charge in [0.25, 0.3) is 0 Å². The van der Waals surface area contributed by atoms with Gasteiger partial charge in [0.2, 0.25) is 0 Å². The van der Waals surface area contributed by atoms with Crippen LogP contribution in [-0.2, 0) is 10.4 Å². The zero-order chi connectivity index (χ0) is 10.9. The van der Waals surface area contributed by atoms with E-state index in [1.54, 1.807) is 24.3 Å². The fraction of sp³-hybridized carbons (Fsp3) is 0.417. The Morgan fingerprint density at radius 3 is 2.87 bits per heavy atom. The summed E-state index contributed by atoms with van der Waals surface area (Å²) in [5.41, 5.74) is -0.824. The van der Waals surface area contributed by atoms with Gasteiger partial charge in [-0.25, -0.2) is 4.79 Å². The molecule has 1 aromatic carbocycles. The lowest BCUT2D eigenvalue weighted by Crippen LogP contribution is -2.33. The minimum absolute atomic E-state index is 0.430. The summed E-state index contributed by atoms with van der Waals surface area (Å²) in [5.74, 6) is -0.0572. The number of para-hydroxylation sites is 1. The number of rotatable bonds is 3. The minimum atomic E-state index is -1.42. The minimum Gasteiger partial charge on any atom is -0.424 e. The Bertz CT molecular complexity index is 386. The van der Waals surface area contributed by atoms with Gasteiger partial charge in [0.1, 0.15) is 5.75 Å². The molecule has 1 atom stereocenters. The van der Waals surface area contributed by atoms with Crippen molar-refractivity contribution in [2.75, 3.05) is 0 Å². The second-order valence-corrected chi connectivity index (χ2v) is 3.85. The predicted molar refractivity (Wildman–Crippen MR) is 55.5 cm³/mol. The van der Waals surface area contributed by atoms with Crippen LogP contribution in [0.15, 0.2) is 24.3 Å². The van der Waals surface area contributed by atoms with Crippen molar-refractivity contribution in [1.29, 1.82) is 0 Å². The summed E-state index contributed by atoms with van der Waals surface area (Å²) in [6.45, 7) is 2.02. The van der Waals surface area contributed by atoms with E-state index in [0.717, 1.165) is 12.8 Å². The average Bonchev–Trinajstić information content (AvgIpc) is 2.50. The lowest BCUT2D eigenvalue weighted by atomic mass is 9.90. The Hall–Kier alpha value is -1.35. The average molecular weight is 206 g/mol. The molecule has 1 N–H and O–H groups in total. The number of hydrogen-bond donors (Lipinski definition) is 1. The van der Waals surface area contributed by atoms with Crippen LogP contribution in [0.5, 0.6) is 5.75 Å². The van der Waals surface area contributed by atoms with E-state index in [1.165, 1.54) is 0 Å². The summed E-state index contributed by atoms with van der Waals surface area (Å²) in [6.07, 6.45) is 2.18. The van der Waals surface area contributed by atoms with E-state index in [2.05, 4.69) is 0 Å². The number of unbranched alkanes of at least 4 members (excludes halogenated alkanes) is 1. The second kappa shape index (κ2) is 3.66. The fourth-order valence-corrected chi connectivity index (χ4v) is 1.86. The summed E-state index contributed by atoms with van der Waals surface area (Å²) in [7, 11) is 0. The molecule has 1 heterocycles. The van der Waals surface area contributed by atoms with Gasteiger partial charge in [-0.1, -0.05) is 31.5 Å². The molecular formula is C12H14O3. The molecule has 15 heavy (non-hydrogen) atoms. The monoisotopic (exact) mass is 206 g/mol. The van der Waals surface area contributed by atoms with Crippen molar-refractivity contribution in [1.82, 2.24) is 0 Å². The van der Waals surface area contributed by atoms with Crippen molar-refractivity contribution in [3.63, 3.8) is 0 Å². The third-order valence-corrected chi connectivity index (χ3v) is 2.77.